The van der Waals surface area contributed by atoms with Gasteiger partial charge in [-0.3, -0.25) is 0 Å². The van der Waals surface area contributed by atoms with Gasteiger partial charge in [0.05, 0.1) is 0 Å². The molecule has 0 aliphatic carbocycles. The molecule has 9 heavy (non-hydrogen) atoms. The third-order valence-electron chi connectivity index (χ3n) is 2.06. The van der Waals surface area contributed by atoms with E-state index < -0.39 is 0 Å². The SMILES string of the molecule is CC(C)(C)[C](C)([Hf])CP. The Kier molecular flexibility index (Phi) is 3.59. The van der Waals surface area contributed by atoms with E-state index in [0.29, 0.717) is 8.59 Å². The van der Waals surface area contributed by atoms with E-state index in [-0.39, 0.29) is 0 Å². The molecule has 0 fully saturated rings. The third-order valence-corrected chi connectivity index (χ3v) is 7.77. The number of rotatable bonds is 1. The molecule has 0 nitrogen and oxygen atoms in total. The van der Waals surface area contributed by atoms with Gasteiger partial charge in [0.25, 0.3) is 0 Å². The number of hydrogen-bond acceptors (Lipinski definition) is 0. The summed E-state index contributed by atoms with van der Waals surface area (Å²) in [5.41, 5.74) is 0.487. The fourth-order valence-electron chi connectivity index (χ4n) is 0.306. The maximum atomic E-state index is 2.85. The van der Waals surface area contributed by atoms with Crippen LogP contribution in [0.3, 0.4) is 0 Å². The first-order valence-corrected chi connectivity index (χ1v) is 5.87. The molecule has 0 aromatic carbocycles. The van der Waals surface area contributed by atoms with Crippen LogP contribution in [0.15, 0.2) is 0 Å². The van der Waals surface area contributed by atoms with Crippen molar-refractivity contribution < 1.29 is 24.4 Å². The van der Waals surface area contributed by atoms with Crippen molar-refractivity contribution in [2.75, 3.05) is 6.16 Å². The van der Waals surface area contributed by atoms with Gasteiger partial charge in [-0.2, -0.15) is 0 Å². The van der Waals surface area contributed by atoms with Gasteiger partial charge in [0.2, 0.25) is 0 Å². The first-order valence-electron chi connectivity index (χ1n) is 3.26. The summed E-state index contributed by atoms with van der Waals surface area (Å²) in [4.78, 5) is 0. The van der Waals surface area contributed by atoms with Crippen LogP contribution in [0, 0.1) is 5.41 Å². The van der Waals surface area contributed by atoms with Crippen LogP contribution >= 0.6 is 9.24 Å². The molecule has 2 unspecified atom stereocenters. The van der Waals surface area contributed by atoms with Crippen molar-refractivity contribution in [2.24, 2.45) is 5.41 Å². The first kappa shape index (κ1) is 10.3. The predicted octanol–water partition coefficient (Wildman–Crippen LogP) is 2.63. The minimum atomic E-state index is 0.487. The molecule has 0 aliphatic rings. The molecule has 0 aliphatic heterocycles. The summed E-state index contributed by atoms with van der Waals surface area (Å²) in [5.74, 6) is 0. The average molecular weight is 310 g/mol. The van der Waals surface area contributed by atoms with Crippen LogP contribution in [-0.4, -0.2) is 6.16 Å². The van der Waals surface area contributed by atoms with E-state index >= 15 is 0 Å². The van der Waals surface area contributed by atoms with Crippen molar-refractivity contribution in [1.82, 2.24) is 0 Å². The Morgan fingerprint density at radius 1 is 1.22 bits per heavy atom. The standard InChI is InChI=1S/C7H16P.Hf/c1-6(5-8)7(2,3)4;/h5,8H2,1-4H3;. The molecule has 2 atom stereocenters. The molecule has 0 N–H and O–H groups in total. The predicted molar refractivity (Wildman–Crippen MR) is 42.4 cm³/mol. The maximum absolute atomic E-state index is 2.85. The second kappa shape index (κ2) is 3.13. The zero-order valence-electron chi connectivity index (χ0n) is 6.78. The molecule has 0 bridgehead atoms. The Hall–Kier alpha value is 1.30. The van der Waals surface area contributed by atoms with Gasteiger partial charge in [-0.15, -0.1) is 0 Å². The molecule has 0 saturated heterocycles. The topological polar surface area (TPSA) is 0 Å². The van der Waals surface area contributed by atoms with Gasteiger partial charge in [0, 0.05) is 0 Å². The minimum absolute atomic E-state index is 0.487. The van der Waals surface area contributed by atoms with Crippen LogP contribution in [0.25, 0.3) is 0 Å². The zero-order valence-corrected chi connectivity index (χ0v) is 11.5. The monoisotopic (exact) mass is 311 g/mol. The van der Waals surface area contributed by atoms with Crippen molar-refractivity contribution in [1.29, 1.82) is 0 Å². The molecule has 0 rings (SSSR count). The van der Waals surface area contributed by atoms with Crippen LogP contribution in [0.4, 0.5) is 0 Å². The molecule has 0 radical (unpaired) electrons. The third kappa shape index (κ3) is 2.80. The number of hydrogen-bond donors (Lipinski definition) is 0. The van der Waals surface area contributed by atoms with E-state index in [4.69, 9.17) is 0 Å². The fourth-order valence-corrected chi connectivity index (χ4v) is 0.919. The van der Waals surface area contributed by atoms with Crippen molar-refractivity contribution in [2.45, 2.75) is 30.9 Å². The van der Waals surface area contributed by atoms with Gasteiger partial charge in [0.1, 0.15) is 0 Å². The summed E-state index contributed by atoms with van der Waals surface area (Å²) in [6, 6.07) is 0. The summed E-state index contributed by atoms with van der Waals surface area (Å²) in [6.07, 6.45) is 1.24. The van der Waals surface area contributed by atoms with Gasteiger partial charge in [-0.25, -0.2) is 0 Å². The summed E-state index contributed by atoms with van der Waals surface area (Å²) in [7, 11) is 2.85. The quantitative estimate of drug-likeness (QED) is 0.516. The van der Waals surface area contributed by atoms with Gasteiger partial charge in [0.15, 0.2) is 0 Å². The summed E-state index contributed by atoms with van der Waals surface area (Å²) < 4.78 is 0.581. The van der Waals surface area contributed by atoms with E-state index in [2.05, 4.69) is 36.9 Å². The van der Waals surface area contributed by atoms with E-state index in [0.717, 1.165) is 0 Å². The van der Waals surface area contributed by atoms with Gasteiger partial charge in [-0.1, -0.05) is 0 Å². The van der Waals surface area contributed by atoms with Gasteiger partial charge in [-0.05, 0) is 0 Å². The molecule has 2 heteroatoms. The van der Waals surface area contributed by atoms with Crippen molar-refractivity contribution in [3.63, 3.8) is 0 Å². The molecule has 0 aromatic heterocycles. The molecular weight excluding hydrogens is 294 g/mol. The van der Waals surface area contributed by atoms with Crippen LogP contribution in [0.1, 0.15) is 27.7 Å². The van der Waals surface area contributed by atoms with E-state index in [1.807, 2.05) is 0 Å². The Morgan fingerprint density at radius 2 is 1.56 bits per heavy atom. The van der Waals surface area contributed by atoms with Crippen molar-refractivity contribution in [3.8, 4) is 0 Å². The van der Waals surface area contributed by atoms with Crippen LogP contribution in [-0.2, 0) is 24.4 Å². The summed E-state index contributed by atoms with van der Waals surface area (Å²) in [6.45, 7) is 9.34. The Labute approximate surface area is 76.0 Å². The molecule has 0 saturated carbocycles. The molecule has 0 heterocycles. The normalized spacial score (nSPS) is 19.1. The second-order valence-electron chi connectivity index (χ2n) is 3.79. The summed E-state index contributed by atoms with van der Waals surface area (Å²) >= 11 is 1.29. The van der Waals surface area contributed by atoms with E-state index in [1.165, 1.54) is 30.5 Å². The van der Waals surface area contributed by atoms with Crippen molar-refractivity contribution >= 4 is 9.24 Å². The average Bonchev–Trinajstić information content (AvgIpc) is 1.64. The van der Waals surface area contributed by atoms with E-state index in [9.17, 15) is 0 Å². The van der Waals surface area contributed by atoms with Gasteiger partial charge < -0.3 is 0 Å². The van der Waals surface area contributed by atoms with Crippen LogP contribution in [0.2, 0.25) is 3.17 Å². The Balaban J connectivity index is 4.14. The molecule has 53 valence electrons. The molecule has 0 amide bonds. The van der Waals surface area contributed by atoms with E-state index in [1.54, 1.807) is 0 Å². The fraction of sp³-hybridized carbons (Fsp3) is 1.00. The summed E-state index contributed by atoms with van der Waals surface area (Å²) in [5, 5.41) is 0. The van der Waals surface area contributed by atoms with Crippen LogP contribution < -0.4 is 0 Å². The molecular formula is C7H16HfP. The Bertz CT molecular complexity index is 91.6. The zero-order chi connectivity index (χ0) is 7.71. The van der Waals surface area contributed by atoms with Gasteiger partial charge >= 0.3 is 76.1 Å². The molecule has 0 aromatic rings. The Morgan fingerprint density at radius 3 is 1.56 bits per heavy atom. The molecule has 0 spiro atoms. The van der Waals surface area contributed by atoms with Crippen molar-refractivity contribution in [3.05, 3.63) is 0 Å². The van der Waals surface area contributed by atoms with Crippen LogP contribution in [0.5, 0.6) is 0 Å². The second-order valence-corrected chi connectivity index (χ2v) is 8.16. The first-order chi connectivity index (χ1) is 3.81.